The second-order valence-electron chi connectivity index (χ2n) is 6.68. The Labute approximate surface area is 174 Å². The van der Waals surface area contributed by atoms with Gasteiger partial charge in [0.2, 0.25) is 10.0 Å². The summed E-state index contributed by atoms with van der Waals surface area (Å²) in [5.74, 6) is 0.460. The first kappa shape index (κ1) is 20.8. The molecule has 0 bridgehead atoms. The highest BCUT2D eigenvalue weighted by Crippen LogP contribution is 2.19. The Bertz CT molecular complexity index is 896. The molecule has 1 saturated heterocycles. The first-order valence-corrected chi connectivity index (χ1v) is 11.5. The standard InChI is InChI=1S/C20H23BrN2O4S/c1-16(27-19-9-7-18(21)8-10-19)20(24)22-11-13-23(14-12-22)28(25,26)15-17-5-3-2-4-6-17/h2-10,16H,11-15H2,1H3/t16-/m0/s1. The summed E-state index contributed by atoms with van der Waals surface area (Å²) in [6, 6.07) is 16.4. The highest BCUT2D eigenvalue weighted by Gasteiger charge is 2.31. The lowest BCUT2D eigenvalue weighted by Crippen LogP contribution is -2.53. The maximum Gasteiger partial charge on any atom is 0.263 e. The van der Waals surface area contributed by atoms with Crippen molar-refractivity contribution >= 4 is 31.9 Å². The molecule has 1 aliphatic rings. The fourth-order valence-electron chi connectivity index (χ4n) is 3.09. The Kier molecular flexibility index (Phi) is 6.74. The van der Waals surface area contributed by atoms with E-state index in [1.165, 1.54) is 4.31 Å². The maximum absolute atomic E-state index is 12.6. The second kappa shape index (κ2) is 9.07. The molecular formula is C20H23BrN2O4S. The molecule has 0 unspecified atom stereocenters. The SMILES string of the molecule is C[C@H](Oc1ccc(Br)cc1)C(=O)N1CCN(S(=O)(=O)Cc2ccccc2)CC1. The van der Waals surface area contributed by atoms with Gasteiger partial charge in [-0.1, -0.05) is 46.3 Å². The van der Waals surface area contributed by atoms with Crippen molar-refractivity contribution in [2.45, 2.75) is 18.8 Å². The van der Waals surface area contributed by atoms with Crippen molar-refractivity contribution in [1.29, 1.82) is 0 Å². The van der Waals surface area contributed by atoms with Gasteiger partial charge in [-0.2, -0.15) is 4.31 Å². The van der Waals surface area contributed by atoms with E-state index in [1.54, 1.807) is 36.1 Å². The van der Waals surface area contributed by atoms with Crippen molar-refractivity contribution in [1.82, 2.24) is 9.21 Å². The van der Waals surface area contributed by atoms with Gasteiger partial charge in [-0.25, -0.2) is 8.42 Å². The lowest BCUT2D eigenvalue weighted by molar-refractivity contribution is -0.139. The first-order valence-electron chi connectivity index (χ1n) is 9.08. The van der Waals surface area contributed by atoms with E-state index in [-0.39, 0.29) is 11.7 Å². The molecule has 1 amide bonds. The van der Waals surface area contributed by atoms with E-state index in [2.05, 4.69) is 15.9 Å². The lowest BCUT2D eigenvalue weighted by Gasteiger charge is -2.35. The van der Waals surface area contributed by atoms with Crippen molar-refractivity contribution in [3.8, 4) is 5.75 Å². The summed E-state index contributed by atoms with van der Waals surface area (Å²) in [5.41, 5.74) is 0.762. The molecule has 1 aliphatic heterocycles. The van der Waals surface area contributed by atoms with Crippen LogP contribution >= 0.6 is 15.9 Å². The minimum Gasteiger partial charge on any atom is -0.481 e. The van der Waals surface area contributed by atoms with E-state index in [0.717, 1.165) is 10.0 Å². The van der Waals surface area contributed by atoms with Gasteiger partial charge in [0.25, 0.3) is 5.91 Å². The molecular weight excluding hydrogens is 444 g/mol. The molecule has 2 aromatic rings. The van der Waals surface area contributed by atoms with Crippen LogP contribution in [0.25, 0.3) is 0 Å². The van der Waals surface area contributed by atoms with Crippen LogP contribution in [0.2, 0.25) is 0 Å². The van der Waals surface area contributed by atoms with Gasteiger partial charge >= 0.3 is 0 Å². The van der Waals surface area contributed by atoms with Gasteiger partial charge in [0.1, 0.15) is 5.75 Å². The van der Waals surface area contributed by atoms with E-state index in [9.17, 15) is 13.2 Å². The number of rotatable bonds is 6. The molecule has 0 aromatic heterocycles. The number of benzene rings is 2. The first-order chi connectivity index (χ1) is 13.3. The molecule has 8 heteroatoms. The van der Waals surface area contributed by atoms with Crippen molar-refractivity contribution in [3.63, 3.8) is 0 Å². The number of piperazine rings is 1. The summed E-state index contributed by atoms with van der Waals surface area (Å²) >= 11 is 3.36. The molecule has 150 valence electrons. The number of carbonyl (C=O) groups excluding carboxylic acids is 1. The fraction of sp³-hybridized carbons (Fsp3) is 0.350. The molecule has 1 heterocycles. The number of hydrogen-bond acceptors (Lipinski definition) is 4. The van der Waals surface area contributed by atoms with Crippen molar-refractivity contribution in [2.24, 2.45) is 0 Å². The highest BCUT2D eigenvalue weighted by atomic mass is 79.9. The Morgan fingerprint density at radius 1 is 1.04 bits per heavy atom. The van der Waals surface area contributed by atoms with Gasteiger partial charge in [-0.05, 0) is 36.8 Å². The number of amides is 1. The van der Waals surface area contributed by atoms with Gasteiger partial charge in [-0.3, -0.25) is 4.79 Å². The van der Waals surface area contributed by atoms with Crippen molar-refractivity contribution < 1.29 is 17.9 Å². The third-order valence-corrected chi connectivity index (χ3v) is 6.99. The van der Waals surface area contributed by atoms with Crippen LogP contribution in [0.15, 0.2) is 59.1 Å². The maximum atomic E-state index is 12.6. The zero-order chi connectivity index (χ0) is 20.1. The van der Waals surface area contributed by atoms with Gasteiger partial charge in [0.15, 0.2) is 6.10 Å². The van der Waals surface area contributed by atoms with Crippen LogP contribution in [0.5, 0.6) is 5.75 Å². The summed E-state index contributed by atoms with van der Waals surface area (Å²) in [5, 5.41) is 0. The molecule has 0 spiro atoms. The van der Waals surface area contributed by atoms with Crippen LogP contribution in [0.1, 0.15) is 12.5 Å². The summed E-state index contributed by atoms with van der Waals surface area (Å²) < 4.78 is 33.4. The van der Waals surface area contributed by atoms with Crippen LogP contribution in [0, 0.1) is 0 Å². The molecule has 0 saturated carbocycles. The number of carbonyl (C=O) groups is 1. The average Bonchev–Trinajstić information content (AvgIpc) is 2.69. The van der Waals surface area contributed by atoms with E-state index >= 15 is 0 Å². The van der Waals surface area contributed by atoms with Crippen molar-refractivity contribution in [3.05, 3.63) is 64.6 Å². The van der Waals surface area contributed by atoms with Crippen LogP contribution < -0.4 is 4.74 Å². The monoisotopic (exact) mass is 466 g/mol. The van der Waals surface area contributed by atoms with Gasteiger partial charge in [-0.15, -0.1) is 0 Å². The van der Waals surface area contributed by atoms with Crippen LogP contribution in [0.4, 0.5) is 0 Å². The third-order valence-electron chi connectivity index (χ3n) is 4.61. The summed E-state index contributed by atoms with van der Waals surface area (Å²) in [6.45, 7) is 3.03. The quantitative estimate of drug-likeness (QED) is 0.656. The molecule has 2 aromatic carbocycles. The predicted molar refractivity (Wildman–Crippen MR) is 111 cm³/mol. The molecule has 0 radical (unpaired) electrons. The smallest absolute Gasteiger partial charge is 0.263 e. The van der Waals surface area contributed by atoms with E-state index < -0.39 is 16.1 Å². The molecule has 6 nitrogen and oxygen atoms in total. The number of nitrogens with zero attached hydrogens (tertiary/aromatic N) is 2. The largest absolute Gasteiger partial charge is 0.481 e. The summed E-state index contributed by atoms with van der Waals surface area (Å²) in [6.07, 6.45) is -0.631. The zero-order valence-electron chi connectivity index (χ0n) is 15.6. The second-order valence-corrected chi connectivity index (χ2v) is 9.56. The molecule has 1 fully saturated rings. The predicted octanol–water partition coefficient (Wildman–Crippen LogP) is 2.89. The lowest BCUT2D eigenvalue weighted by atomic mass is 10.2. The number of sulfonamides is 1. The molecule has 0 N–H and O–H groups in total. The summed E-state index contributed by atoms with van der Waals surface area (Å²) in [4.78, 5) is 14.3. The number of hydrogen-bond donors (Lipinski definition) is 0. The summed E-state index contributed by atoms with van der Waals surface area (Å²) in [7, 11) is -3.40. The zero-order valence-corrected chi connectivity index (χ0v) is 18.0. The average molecular weight is 467 g/mol. The van der Waals surface area contributed by atoms with E-state index in [1.807, 2.05) is 30.3 Å². The normalized spacial score (nSPS) is 16.6. The molecule has 3 rings (SSSR count). The minimum absolute atomic E-state index is 0.0229. The Hall–Kier alpha value is -1.90. The van der Waals surface area contributed by atoms with Gasteiger partial charge < -0.3 is 9.64 Å². The Morgan fingerprint density at radius 3 is 2.25 bits per heavy atom. The highest BCUT2D eigenvalue weighted by molar-refractivity contribution is 9.10. The van der Waals surface area contributed by atoms with Gasteiger partial charge in [0, 0.05) is 30.7 Å². The van der Waals surface area contributed by atoms with E-state index in [4.69, 9.17) is 4.74 Å². The minimum atomic E-state index is -3.40. The fourth-order valence-corrected chi connectivity index (χ4v) is 4.87. The van der Waals surface area contributed by atoms with Crippen LogP contribution in [-0.4, -0.2) is 55.8 Å². The Balaban J connectivity index is 1.54. The number of halogens is 1. The third kappa shape index (κ3) is 5.33. The Morgan fingerprint density at radius 2 is 1.64 bits per heavy atom. The van der Waals surface area contributed by atoms with Crippen LogP contribution in [0.3, 0.4) is 0 Å². The molecule has 28 heavy (non-hydrogen) atoms. The topological polar surface area (TPSA) is 66.9 Å². The van der Waals surface area contributed by atoms with Crippen molar-refractivity contribution in [2.75, 3.05) is 26.2 Å². The number of ether oxygens (including phenoxy) is 1. The van der Waals surface area contributed by atoms with Gasteiger partial charge in [0.05, 0.1) is 5.75 Å². The van der Waals surface area contributed by atoms with Crippen LogP contribution in [-0.2, 0) is 20.6 Å². The molecule has 0 aliphatic carbocycles. The van der Waals surface area contributed by atoms with E-state index in [0.29, 0.717) is 31.9 Å². The molecule has 1 atom stereocenters.